The molecule has 0 bridgehead atoms. The molecule has 0 amide bonds. The Kier molecular flexibility index (Phi) is 2.16. The van der Waals surface area contributed by atoms with E-state index >= 15 is 0 Å². The van der Waals surface area contributed by atoms with Crippen molar-refractivity contribution in [3.63, 3.8) is 0 Å². The Morgan fingerprint density at radius 1 is 1.29 bits per heavy atom. The molecule has 1 aromatic carbocycles. The van der Waals surface area contributed by atoms with Crippen LogP contribution in [-0.4, -0.2) is 9.38 Å². The van der Waals surface area contributed by atoms with E-state index in [9.17, 15) is 0 Å². The van der Waals surface area contributed by atoms with Gasteiger partial charge in [0.25, 0.3) is 0 Å². The van der Waals surface area contributed by atoms with Gasteiger partial charge in [0.05, 0.1) is 11.2 Å². The molecule has 3 nitrogen and oxygen atoms in total. The highest BCUT2D eigenvalue weighted by molar-refractivity contribution is 5.88. The van der Waals surface area contributed by atoms with E-state index in [2.05, 4.69) is 46.8 Å². The van der Waals surface area contributed by atoms with E-state index < -0.39 is 0 Å². The lowest BCUT2D eigenvalue weighted by Crippen LogP contribution is -2.01. The second-order valence-corrected chi connectivity index (χ2v) is 4.46. The molecule has 0 saturated heterocycles. The Morgan fingerprint density at radius 3 is 2.88 bits per heavy atom. The van der Waals surface area contributed by atoms with Gasteiger partial charge in [-0.2, -0.15) is 0 Å². The summed E-state index contributed by atoms with van der Waals surface area (Å²) in [6.07, 6.45) is 2.07. The van der Waals surface area contributed by atoms with Gasteiger partial charge >= 0.3 is 0 Å². The van der Waals surface area contributed by atoms with Crippen LogP contribution < -0.4 is 5.73 Å². The van der Waals surface area contributed by atoms with Crippen LogP contribution in [0.4, 0.5) is 0 Å². The van der Waals surface area contributed by atoms with E-state index in [1.807, 2.05) is 6.92 Å². The lowest BCUT2D eigenvalue weighted by atomic mass is 10.1. The summed E-state index contributed by atoms with van der Waals surface area (Å²) in [6.45, 7) is 4.68. The minimum absolute atomic E-state index is 0.549. The number of pyridine rings is 1. The molecule has 3 rings (SSSR count). The first-order chi connectivity index (χ1) is 8.20. The Labute approximate surface area is 99.9 Å². The quantitative estimate of drug-likeness (QED) is 0.691. The van der Waals surface area contributed by atoms with Crippen molar-refractivity contribution in [2.45, 2.75) is 20.4 Å². The second kappa shape index (κ2) is 3.57. The van der Waals surface area contributed by atoms with Gasteiger partial charge in [-0.15, -0.1) is 0 Å². The van der Waals surface area contributed by atoms with Crippen molar-refractivity contribution in [2.24, 2.45) is 5.73 Å². The molecule has 0 saturated carbocycles. The molecule has 0 fully saturated rings. The van der Waals surface area contributed by atoms with E-state index in [1.54, 1.807) is 0 Å². The number of imidazole rings is 1. The monoisotopic (exact) mass is 225 g/mol. The van der Waals surface area contributed by atoms with Crippen LogP contribution in [0, 0.1) is 13.8 Å². The molecule has 86 valence electrons. The number of fused-ring (bicyclic) bond motifs is 3. The SMILES string of the molecule is Cc1cn2c(cc(C)c3cccc(CN)c32)n1. The molecular weight excluding hydrogens is 210 g/mol. The average molecular weight is 225 g/mol. The van der Waals surface area contributed by atoms with Gasteiger partial charge in [0.2, 0.25) is 0 Å². The third kappa shape index (κ3) is 1.43. The number of para-hydroxylation sites is 1. The number of aryl methyl sites for hydroxylation is 2. The van der Waals surface area contributed by atoms with Gasteiger partial charge in [0.1, 0.15) is 5.65 Å². The predicted molar refractivity (Wildman–Crippen MR) is 70.1 cm³/mol. The number of hydrogen-bond acceptors (Lipinski definition) is 2. The fourth-order valence-electron chi connectivity index (χ4n) is 2.43. The van der Waals surface area contributed by atoms with Crippen molar-refractivity contribution in [3.05, 3.63) is 47.3 Å². The van der Waals surface area contributed by atoms with E-state index in [4.69, 9.17) is 5.73 Å². The lowest BCUT2D eigenvalue weighted by molar-refractivity contribution is 1.07. The molecule has 0 aliphatic heterocycles. The van der Waals surface area contributed by atoms with Crippen LogP contribution in [0.15, 0.2) is 30.5 Å². The minimum Gasteiger partial charge on any atom is -0.326 e. The van der Waals surface area contributed by atoms with E-state index in [-0.39, 0.29) is 0 Å². The minimum atomic E-state index is 0.549. The van der Waals surface area contributed by atoms with Crippen molar-refractivity contribution in [3.8, 4) is 0 Å². The molecule has 2 N–H and O–H groups in total. The third-order valence-electron chi connectivity index (χ3n) is 3.20. The lowest BCUT2D eigenvalue weighted by Gasteiger charge is -2.09. The number of hydrogen-bond donors (Lipinski definition) is 1. The normalized spacial score (nSPS) is 11.5. The Morgan fingerprint density at radius 2 is 2.12 bits per heavy atom. The van der Waals surface area contributed by atoms with Crippen LogP contribution in [0.1, 0.15) is 16.8 Å². The molecule has 0 spiro atoms. The maximum Gasteiger partial charge on any atom is 0.137 e. The van der Waals surface area contributed by atoms with Crippen molar-refractivity contribution in [2.75, 3.05) is 0 Å². The first-order valence-corrected chi connectivity index (χ1v) is 5.77. The zero-order chi connectivity index (χ0) is 12.0. The number of nitrogens with two attached hydrogens (primary N) is 1. The number of rotatable bonds is 1. The summed E-state index contributed by atoms with van der Waals surface area (Å²) < 4.78 is 2.14. The summed E-state index contributed by atoms with van der Waals surface area (Å²) in [5, 5.41) is 1.25. The van der Waals surface area contributed by atoms with E-state index in [0.29, 0.717) is 6.54 Å². The van der Waals surface area contributed by atoms with Crippen LogP contribution in [0.5, 0.6) is 0 Å². The highest BCUT2D eigenvalue weighted by Crippen LogP contribution is 2.24. The molecule has 17 heavy (non-hydrogen) atoms. The number of aromatic nitrogens is 2. The fourth-order valence-corrected chi connectivity index (χ4v) is 2.43. The topological polar surface area (TPSA) is 43.3 Å². The maximum atomic E-state index is 5.83. The van der Waals surface area contributed by atoms with Gasteiger partial charge in [0.15, 0.2) is 0 Å². The average Bonchev–Trinajstić information content (AvgIpc) is 2.69. The zero-order valence-electron chi connectivity index (χ0n) is 10.1. The summed E-state index contributed by atoms with van der Waals surface area (Å²) in [7, 11) is 0. The Bertz CT molecular complexity index is 710. The van der Waals surface area contributed by atoms with E-state index in [0.717, 1.165) is 16.9 Å². The highest BCUT2D eigenvalue weighted by atomic mass is 15.0. The zero-order valence-corrected chi connectivity index (χ0v) is 10.1. The molecule has 0 radical (unpaired) electrons. The first kappa shape index (κ1) is 10.3. The van der Waals surface area contributed by atoms with Crippen molar-refractivity contribution in [1.82, 2.24) is 9.38 Å². The molecule has 0 unspecified atom stereocenters. The first-order valence-electron chi connectivity index (χ1n) is 5.77. The van der Waals surface area contributed by atoms with E-state index in [1.165, 1.54) is 16.5 Å². The van der Waals surface area contributed by atoms with Crippen LogP contribution in [0.2, 0.25) is 0 Å². The fraction of sp³-hybridized carbons (Fsp3) is 0.214. The standard InChI is InChI=1S/C14H15N3/c1-9-6-13-16-10(2)8-17(13)14-11(7-15)4-3-5-12(9)14/h3-6,8H,7,15H2,1-2H3. The summed E-state index contributed by atoms with van der Waals surface area (Å²) in [5.74, 6) is 0. The van der Waals surface area contributed by atoms with Crippen LogP contribution in [0.3, 0.4) is 0 Å². The number of benzene rings is 1. The Hall–Kier alpha value is -1.87. The van der Waals surface area contributed by atoms with Crippen LogP contribution in [0.25, 0.3) is 16.6 Å². The van der Waals surface area contributed by atoms with Crippen LogP contribution >= 0.6 is 0 Å². The summed E-state index contributed by atoms with van der Waals surface area (Å²) in [6, 6.07) is 8.40. The smallest absolute Gasteiger partial charge is 0.137 e. The molecule has 0 aliphatic rings. The van der Waals surface area contributed by atoms with Crippen molar-refractivity contribution in [1.29, 1.82) is 0 Å². The predicted octanol–water partition coefficient (Wildman–Crippen LogP) is 2.56. The third-order valence-corrected chi connectivity index (χ3v) is 3.20. The largest absolute Gasteiger partial charge is 0.326 e. The van der Waals surface area contributed by atoms with Gasteiger partial charge in [-0.25, -0.2) is 4.98 Å². The van der Waals surface area contributed by atoms with Crippen LogP contribution in [-0.2, 0) is 6.54 Å². The highest BCUT2D eigenvalue weighted by Gasteiger charge is 2.08. The second-order valence-electron chi connectivity index (χ2n) is 4.46. The van der Waals surface area contributed by atoms with Crippen molar-refractivity contribution >= 4 is 16.6 Å². The molecule has 2 aromatic heterocycles. The number of nitrogens with zero attached hydrogens (tertiary/aromatic N) is 2. The molecule has 3 aromatic rings. The molecule has 0 atom stereocenters. The van der Waals surface area contributed by atoms with Gasteiger partial charge < -0.3 is 5.73 Å². The van der Waals surface area contributed by atoms with Gasteiger partial charge in [-0.1, -0.05) is 18.2 Å². The summed E-state index contributed by atoms with van der Waals surface area (Å²) in [4.78, 5) is 4.52. The van der Waals surface area contributed by atoms with Gasteiger partial charge in [0, 0.05) is 18.1 Å². The molecule has 2 heterocycles. The summed E-state index contributed by atoms with van der Waals surface area (Å²) >= 11 is 0. The van der Waals surface area contributed by atoms with Gasteiger partial charge in [-0.05, 0) is 31.0 Å². The Balaban J connectivity index is 2.60. The molecule has 0 aliphatic carbocycles. The van der Waals surface area contributed by atoms with Crippen molar-refractivity contribution < 1.29 is 0 Å². The molecule has 3 heteroatoms. The summed E-state index contributed by atoms with van der Waals surface area (Å²) in [5.41, 5.74) is 11.4. The van der Waals surface area contributed by atoms with Gasteiger partial charge in [-0.3, -0.25) is 4.40 Å². The maximum absolute atomic E-state index is 5.83. The molecular formula is C14H15N3.